The van der Waals surface area contributed by atoms with Gasteiger partial charge in [-0.05, 0) is 40.8 Å². The topological polar surface area (TPSA) is 50.7 Å². The average molecular weight is 404 g/mol. The fourth-order valence-electron chi connectivity index (χ4n) is 2.12. The average Bonchev–Trinajstić information content (AvgIpc) is 2.89. The summed E-state index contributed by atoms with van der Waals surface area (Å²) in [5.74, 6) is 0.581. The van der Waals surface area contributed by atoms with E-state index in [9.17, 15) is 0 Å². The van der Waals surface area contributed by atoms with E-state index in [4.69, 9.17) is 0 Å². The molecule has 0 unspecified atom stereocenters. The van der Waals surface area contributed by atoms with Gasteiger partial charge in [0.25, 0.3) is 0 Å². The van der Waals surface area contributed by atoms with Crippen LogP contribution in [0.1, 0.15) is 0 Å². The Morgan fingerprint density at radius 1 is 0.857 bits per heavy atom. The van der Waals surface area contributed by atoms with Gasteiger partial charge in [0, 0.05) is 5.39 Å². The fraction of sp³-hybridized carbons (Fsp3) is 0. The highest BCUT2D eigenvalue weighted by atomic mass is 127. The Hall–Kier alpha value is -1.80. The first-order valence-electron chi connectivity index (χ1n) is 6.34. The Morgan fingerprint density at radius 3 is 2.48 bits per heavy atom. The van der Waals surface area contributed by atoms with Crippen LogP contribution in [0, 0.1) is 3.70 Å². The third kappa shape index (κ3) is 2.44. The number of aromatic nitrogens is 3. The van der Waals surface area contributed by atoms with Crippen LogP contribution in [0.5, 0.6) is 0 Å². The van der Waals surface area contributed by atoms with Gasteiger partial charge in [-0.1, -0.05) is 41.7 Å². The minimum Gasteiger partial charge on any atom is -0.300 e. The van der Waals surface area contributed by atoms with E-state index in [1.54, 1.807) is 11.3 Å². The lowest BCUT2D eigenvalue weighted by Gasteiger charge is -2.04. The van der Waals surface area contributed by atoms with Crippen molar-refractivity contribution in [1.29, 1.82) is 0 Å². The molecule has 0 spiro atoms. The number of nitrogens with zero attached hydrogens (tertiary/aromatic N) is 3. The van der Waals surface area contributed by atoms with Crippen LogP contribution >= 0.6 is 33.9 Å². The van der Waals surface area contributed by atoms with Crippen molar-refractivity contribution < 1.29 is 0 Å². The van der Waals surface area contributed by atoms with Gasteiger partial charge in [-0.25, -0.2) is 15.0 Å². The smallest absolute Gasteiger partial charge is 0.230 e. The number of rotatable bonds is 2. The molecule has 0 radical (unpaired) electrons. The highest BCUT2D eigenvalue weighted by Crippen LogP contribution is 2.28. The molecule has 0 aliphatic carbocycles. The van der Waals surface area contributed by atoms with Gasteiger partial charge in [0.1, 0.15) is 3.70 Å². The second-order valence-electron chi connectivity index (χ2n) is 4.47. The number of fused-ring (bicyclic) bond motifs is 2. The largest absolute Gasteiger partial charge is 0.300 e. The minimum atomic E-state index is 0.581. The summed E-state index contributed by atoms with van der Waals surface area (Å²) < 4.78 is 2.08. The normalized spacial score (nSPS) is 11.1. The van der Waals surface area contributed by atoms with Gasteiger partial charge in [0.2, 0.25) is 5.95 Å². The monoisotopic (exact) mass is 404 g/mol. The quantitative estimate of drug-likeness (QED) is 0.392. The molecular weight excluding hydrogens is 395 g/mol. The van der Waals surface area contributed by atoms with Crippen LogP contribution in [0.2, 0.25) is 0 Å². The number of hydrogen-bond acceptors (Lipinski definition) is 5. The zero-order valence-electron chi connectivity index (χ0n) is 10.7. The third-order valence-corrected chi connectivity index (χ3v) is 4.84. The molecule has 6 heteroatoms. The van der Waals surface area contributed by atoms with Gasteiger partial charge < -0.3 is 0 Å². The summed E-state index contributed by atoms with van der Waals surface area (Å²) >= 11 is 3.83. The van der Waals surface area contributed by atoms with Crippen molar-refractivity contribution in [1.82, 2.24) is 15.0 Å². The highest BCUT2D eigenvalue weighted by Gasteiger charge is 2.08. The maximum Gasteiger partial charge on any atom is 0.230 e. The molecule has 0 amide bonds. The number of halogens is 1. The first kappa shape index (κ1) is 12.9. The number of hydrogen-bond donors (Lipinski definition) is 1. The molecule has 4 aromatic rings. The van der Waals surface area contributed by atoms with Crippen LogP contribution in [0.15, 0.2) is 48.5 Å². The van der Waals surface area contributed by atoms with Crippen molar-refractivity contribution in [3.05, 3.63) is 52.2 Å². The molecule has 0 fully saturated rings. The highest BCUT2D eigenvalue weighted by molar-refractivity contribution is 14.1. The van der Waals surface area contributed by atoms with Gasteiger partial charge in [0.05, 0.1) is 15.7 Å². The summed E-state index contributed by atoms with van der Waals surface area (Å²) in [6, 6.07) is 16.1. The second-order valence-corrected chi connectivity index (χ2v) is 6.52. The predicted octanol–water partition coefficient (Wildman–Crippen LogP) is 4.59. The van der Waals surface area contributed by atoms with Crippen molar-refractivity contribution in [3.8, 4) is 0 Å². The lowest BCUT2D eigenvalue weighted by molar-refractivity contribution is 1.18. The molecule has 0 saturated heterocycles. The van der Waals surface area contributed by atoms with Crippen LogP contribution in [0.3, 0.4) is 0 Å². The molecule has 2 heterocycles. The van der Waals surface area contributed by atoms with E-state index in [0.29, 0.717) is 5.95 Å². The summed E-state index contributed by atoms with van der Waals surface area (Å²) in [7, 11) is 0. The summed E-state index contributed by atoms with van der Waals surface area (Å²) in [6.45, 7) is 0. The lowest BCUT2D eigenvalue weighted by Crippen LogP contribution is -1.99. The van der Waals surface area contributed by atoms with E-state index in [0.717, 1.165) is 30.0 Å². The number of benzene rings is 2. The first-order valence-corrected chi connectivity index (χ1v) is 8.24. The van der Waals surface area contributed by atoms with Crippen LogP contribution in [0.25, 0.3) is 21.1 Å². The van der Waals surface area contributed by atoms with Gasteiger partial charge in [-0.3, -0.25) is 5.32 Å². The standard InChI is InChI=1S/C15H9IN4S/c16-13-9-5-1-2-6-10(9)17-14(19-13)20-15-18-11-7-3-4-8-12(11)21-15/h1-8H,(H,17,18,19,20). The minimum absolute atomic E-state index is 0.581. The van der Waals surface area contributed by atoms with Crippen LogP contribution in [-0.4, -0.2) is 15.0 Å². The Balaban J connectivity index is 1.76. The van der Waals surface area contributed by atoms with E-state index in [-0.39, 0.29) is 0 Å². The molecule has 1 N–H and O–H groups in total. The molecule has 0 saturated carbocycles. The van der Waals surface area contributed by atoms with Crippen molar-refractivity contribution in [2.75, 3.05) is 5.32 Å². The van der Waals surface area contributed by atoms with Gasteiger partial charge in [-0.2, -0.15) is 0 Å². The molecule has 21 heavy (non-hydrogen) atoms. The van der Waals surface area contributed by atoms with Crippen molar-refractivity contribution in [2.24, 2.45) is 0 Å². The van der Waals surface area contributed by atoms with Crippen molar-refractivity contribution >= 4 is 66.1 Å². The molecule has 4 rings (SSSR count). The van der Waals surface area contributed by atoms with E-state index in [1.165, 1.54) is 0 Å². The number of para-hydroxylation sites is 2. The molecule has 0 aliphatic rings. The van der Waals surface area contributed by atoms with E-state index >= 15 is 0 Å². The third-order valence-electron chi connectivity index (χ3n) is 3.07. The van der Waals surface area contributed by atoms with E-state index in [1.807, 2.05) is 42.5 Å². The molecular formula is C15H9IN4S. The maximum atomic E-state index is 4.54. The molecule has 2 aromatic carbocycles. The van der Waals surface area contributed by atoms with Crippen LogP contribution in [0.4, 0.5) is 11.1 Å². The maximum absolute atomic E-state index is 4.54. The molecule has 102 valence electrons. The molecule has 2 aromatic heterocycles. The van der Waals surface area contributed by atoms with Gasteiger partial charge in [-0.15, -0.1) is 0 Å². The van der Waals surface area contributed by atoms with Crippen LogP contribution < -0.4 is 5.32 Å². The molecule has 0 bridgehead atoms. The second kappa shape index (κ2) is 5.19. The Morgan fingerprint density at radius 2 is 1.62 bits per heavy atom. The molecule has 0 aliphatic heterocycles. The SMILES string of the molecule is Ic1nc(Nc2nc3ccccc3s2)nc2ccccc12. The zero-order valence-corrected chi connectivity index (χ0v) is 13.7. The summed E-state index contributed by atoms with van der Waals surface area (Å²) in [5, 5.41) is 5.08. The number of nitrogens with one attached hydrogen (secondary N) is 1. The number of anilines is 2. The van der Waals surface area contributed by atoms with Crippen molar-refractivity contribution in [2.45, 2.75) is 0 Å². The summed E-state index contributed by atoms with van der Waals surface area (Å²) in [5.41, 5.74) is 1.92. The lowest BCUT2D eigenvalue weighted by atomic mass is 10.2. The van der Waals surface area contributed by atoms with E-state index in [2.05, 4.69) is 48.9 Å². The molecule has 4 nitrogen and oxygen atoms in total. The Kier molecular flexibility index (Phi) is 3.19. The summed E-state index contributed by atoms with van der Waals surface area (Å²) in [4.78, 5) is 13.6. The fourth-order valence-corrected chi connectivity index (χ4v) is 3.66. The summed E-state index contributed by atoms with van der Waals surface area (Å²) in [6.07, 6.45) is 0. The Bertz CT molecular complexity index is 918. The van der Waals surface area contributed by atoms with Gasteiger partial charge >= 0.3 is 0 Å². The predicted molar refractivity (Wildman–Crippen MR) is 95.2 cm³/mol. The van der Waals surface area contributed by atoms with E-state index < -0.39 is 0 Å². The molecule has 0 atom stereocenters. The zero-order chi connectivity index (χ0) is 14.2. The van der Waals surface area contributed by atoms with Gasteiger partial charge in [0.15, 0.2) is 5.13 Å². The van der Waals surface area contributed by atoms with Crippen molar-refractivity contribution in [3.63, 3.8) is 0 Å². The number of thiazole rings is 1. The first-order chi connectivity index (χ1) is 10.3. The van der Waals surface area contributed by atoms with Crippen LogP contribution in [-0.2, 0) is 0 Å². The Labute approximate surface area is 138 Å².